The smallest absolute Gasteiger partial charge is 0.346 e. The Hall–Kier alpha value is -2.42. The van der Waals surface area contributed by atoms with E-state index in [1.807, 2.05) is 39.8 Å². The van der Waals surface area contributed by atoms with Crippen LogP contribution in [0.15, 0.2) is 36.4 Å². The zero-order valence-corrected chi connectivity index (χ0v) is 12.7. The van der Waals surface area contributed by atoms with Crippen LogP contribution in [0.3, 0.4) is 0 Å². The summed E-state index contributed by atoms with van der Waals surface area (Å²) in [4.78, 5) is 24.1. The first kappa shape index (κ1) is 15.0. The van der Waals surface area contributed by atoms with Gasteiger partial charge < -0.3 is 4.74 Å². The second-order valence-electron chi connectivity index (χ2n) is 5.43. The molecule has 2 rings (SSSR count). The first-order valence-electron chi connectivity index (χ1n) is 6.78. The van der Waals surface area contributed by atoms with Gasteiger partial charge in [0.05, 0.1) is 11.1 Å². The minimum absolute atomic E-state index is 0.394. The average Bonchev–Trinajstić information content (AvgIpc) is 2.36. The SMILES string of the molecule is Cc1cc(C)cc(C(=O)OC(=O)c2cc(C)cc(C)c2)c1. The van der Waals surface area contributed by atoms with Crippen LogP contribution in [0, 0.1) is 27.7 Å². The molecule has 0 fully saturated rings. The highest BCUT2D eigenvalue weighted by molar-refractivity contribution is 6.02. The zero-order valence-electron chi connectivity index (χ0n) is 12.7. The Morgan fingerprint density at radius 3 is 1.19 bits per heavy atom. The maximum absolute atomic E-state index is 12.1. The molecule has 0 aromatic heterocycles. The van der Waals surface area contributed by atoms with Crippen LogP contribution in [0.1, 0.15) is 43.0 Å². The van der Waals surface area contributed by atoms with Crippen LogP contribution in [-0.2, 0) is 4.74 Å². The molecule has 0 aliphatic carbocycles. The summed E-state index contributed by atoms with van der Waals surface area (Å²) in [7, 11) is 0. The molecule has 0 aliphatic rings. The molecule has 0 aliphatic heterocycles. The molecule has 0 saturated heterocycles. The van der Waals surface area contributed by atoms with Crippen molar-refractivity contribution in [3.05, 3.63) is 69.8 Å². The molecule has 0 amide bonds. The molecule has 0 saturated carbocycles. The largest absolute Gasteiger partial charge is 0.386 e. The van der Waals surface area contributed by atoms with Crippen molar-refractivity contribution in [1.29, 1.82) is 0 Å². The van der Waals surface area contributed by atoms with E-state index in [-0.39, 0.29) is 0 Å². The highest BCUT2D eigenvalue weighted by Gasteiger charge is 2.16. The minimum atomic E-state index is -0.619. The summed E-state index contributed by atoms with van der Waals surface area (Å²) in [6, 6.07) is 10.8. The van der Waals surface area contributed by atoms with Crippen LogP contribution in [0.5, 0.6) is 0 Å². The minimum Gasteiger partial charge on any atom is -0.386 e. The number of benzene rings is 2. The molecular weight excluding hydrogens is 264 g/mol. The molecule has 2 aromatic carbocycles. The Balaban J connectivity index is 2.20. The molecule has 0 N–H and O–H groups in total. The van der Waals surface area contributed by atoms with Gasteiger partial charge in [-0.2, -0.15) is 0 Å². The molecule has 0 heterocycles. The Bertz CT molecular complexity index is 612. The van der Waals surface area contributed by atoms with Gasteiger partial charge >= 0.3 is 11.9 Å². The third-order valence-corrected chi connectivity index (χ3v) is 3.10. The van der Waals surface area contributed by atoms with Crippen LogP contribution in [0.2, 0.25) is 0 Å². The van der Waals surface area contributed by atoms with Crippen molar-refractivity contribution in [1.82, 2.24) is 0 Å². The van der Waals surface area contributed by atoms with E-state index in [2.05, 4.69) is 0 Å². The van der Waals surface area contributed by atoms with Gasteiger partial charge in [0.1, 0.15) is 0 Å². The lowest BCUT2D eigenvalue weighted by atomic mass is 10.1. The fourth-order valence-electron chi connectivity index (χ4n) is 2.39. The molecule has 108 valence electrons. The summed E-state index contributed by atoms with van der Waals surface area (Å²) >= 11 is 0. The van der Waals surface area contributed by atoms with Crippen LogP contribution in [0.25, 0.3) is 0 Å². The van der Waals surface area contributed by atoms with Gasteiger partial charge in [-0.3, -0.25) is 0 Å². The number of carbonyl (C=O) groups excluding carboxylic acids is 2. The maximum Gasteiger partial charge on any atom is 0.346 e. The van der Waals surface area contributed by atoms with Crippen molar-refractivity contribution < 1.29 is 14.3 Å². The molecule has 0 spiro atoms. The van der Waals surface area contributed by atoms with Crippen molar-refractivity contribution in [2.24, 2.45) is 0 Å². The van der Waals surface area contributed by atoms with Gasteiger partial charge in [0.25, 0.3) is 0 Å². The predicted molar refractivity (Wildman–Crippen MR) is 81.6 cm³/mol. The number of hydrogen-bond acceptors (Lipinski definition) is 3. The van der Waals surface area contributed by atoms with Crippen molar-refractivity contribution >= 4 is 11.9 Å². The Labute approximate surface area is 124 Å². The number of carbonyl (C=O) groups is 2. The third kappa shape index (κ3) is 3.78. The van der Waals surface area contributed by atoms with Crippen molar-refractivity contribution in [2.45, 2.75) is 27.7 Å². The zero-order chi connectivity index (χ0) is 15.6. The molecule has 0 radical (unpaired) electrons. The highest BCUT2D eigenvalue weighted by Crippen LogP contribution is 2.13. The summed E-state index contributed by atoms with van der Waals surface area (Å²) in [5, 5.41) is 0. The van der Waals surface area contributed by atoms with E-state index >= 15 is 0 Å². The topological polar surface area (TPSA) is 43.4 Å². The van der Waals surface area contributed by atoms with Gasteiger partial charge in [-0.05, 0) is 52.0 Å². The first-order chi connectivity index (χ1) is 9.85. The van der Waals surface area contributed by atoms with Crippen LogP contribution >= 0.6 is 0 Å². The number of esters is 2. The summed E-state index contributed by atoms with van der Waals surface area (Å²) in [6.45, 7) is 7.59. The average molecular weight is 282 g/mol. The molecule has 0 bridgehead atoms. The molecule has 21 heavy (non-hydrogen) atoms. The van der Waals surface area contributed by atoms with Gasteiger partial charge in [-0.25, -0.2) is 9.59 Å². The van der Waals surface area contributed by atoms with E-state index in [0.717, 1.165) is 22.3 Å². The monoisotopic (exact) mass is 282 g/mol. The Morgan fingerprint density at radius 1 is 0.619 bits per heavy atom. The fraction of sp³-hybridized carbons (Fsp3) is 0.222. The van der Waals surface area contributed by atoms with E-state index in [9.17, 15) is 9.59 Å². The second-order valence-corrected chi connectivity index (χ2v) is 5.43. The third-order valence-electron chi connectivity index (χ3n) is 3.10. The van der Waals surface area contributed by atoms with E-state index < -0.39 is 11.9 Å². The lowest BCUT2D eigenvalue weighted by Gasteiger charge is -2.06. The van der Waals surface area contributed by atoms with Crippen molar-refractivity contribution in [2.75, 3.05) is 0 Å². The van der Waals surface area contributed by atoms with Crippen molar-refractivity contribution in [3.63, 3.8) is 0 Å². The normalized spacial score (nSPS) is 10.3. The number of aryl methyl sites for hydroxylation is 4. The van der Waals surface area contributed by atoms with E-state index in [1.54, 1.807) is 24.3 Å². The maximum atomic E-state index is 12.1. The Morgan fingerprint density at radius 2 is 0.905 bits per heavy atom. The summed E-state index contributed by atoms with van der Waals surface area (Å²) < 4.78 is 4.96. The highest BCUT2D eigenvalue weighted by atomic mass is 16.6. The standard InChI is InChI=1S/C18H18O3/c1-11-5-12(2)8-15(7-11)17(19)21-18(20)16-9-13(3)6-14(4)10-16/h5-10H,1-4H3. The number of ether oxygens (including phenoxy) is 1. The molecule has 3 nitrogen and oxygen atoms in total. The van der Waals surface area contributed by atoms with Gasteiger partial charge in [0, 0.05) is 0 Å². The summed E-state index contributed by atoms with van der Waals surface area (Å²) in [5.41, 5.74) is 4.62. The van der Waals surface area contributed by atoms with Gasteiger partial charge in [0.2, 0.25) is 0 Å². The Kier molecular flexibility index (Phi) is 4.22. The molecule has 3 heteroatoms. The summed E-state index contributed by atoms with van der Waals surface area (Å²) in [6.07, 6.45) is 0. The van der Waals surface area contributed by atoms with Crippen LogP contribution in [0.4, 0.5) is 0 Å². The van der Waals surface area contributed by atoms with Gasteiger partial charge in [-0.15, -0.1) is 0 Å². The van der Waals surface area contributed by atoms with Gasteiger partial charge in [-0.1, -0.05) is 34.4 Å². The lowest BCUT2D eigenvalue weighted by molar-refractivity contribution is 0.0397. The number of rotatable bonds is 2. The van der Waals surface area contributed by atoms with Crippen molar-refractivity contribution in [3.8, 4) is 0 Å². The van der Waals surface area contributed by atoms with E-state index in [0.29, 0.717) is 11.1 Å². The second kappa shape index (κ2) is 5.92. The molecule has 0 unspecified atom stereocenters. The quantitative estimate of drug-likeness (QED) is 0.619. The molecule has 0 atom stereocenters. The summed E-state index contributed by atoms with van der Waals surface area (Å²) in [5.74, 6) is -1.24. The van der Waals surface area contributed by atoms with Crippen LogP contribution < -0.4 is 0 Å². The molecule has 2 aromatic rings. The van der Waals surface area contributed by atoms with E-state index in [1.165, 1.54) is 0 Å². The fourth-order valence-corrected chi connectivity index (χ4v) is 2.39. The first-order valence-corrected chi connectivity index (χ1v) is 6.78. The van der Waals surface area contributed by atoms with Crippen LogP contribution in [-0.4, -0.2) is 11.9 Å². The van der Waals surface area contributed by atoms with E-state index in [4.69, 9.17) is 4.74 Å². The lowest BCUT2D eigenvalue weighted by Crippen LogP contribution is -2.13. The van der Waals surface area contributed by atoms with Gasteiger partial charge in [0.15, 0.2) is 0 Å². The predicted octanol–water partition coefficient (Wildman–Crippen LogP) is 3.92. The number of hydrogen-bond donors (Lipinski definition) is 0. The molecular formula is C18H18O3.